The van der Waals surface area contributed by atoms with Crippen LogP contribution in [0.15, 0.2) is 38.4 Å². The topological polar surface area (TPSA) is 68.9 Å². The number of nitrogens with one attached hydrogen (secondary N) is 1. The van der Waals surface area contributed by atoms with Crippen molar-refractivity contribution in [2.24, 2.45) is 10.7 Å². The summed E-state index contributed by atoms with van der Waals surface area (Å²) in [6, 6.07) is 7.70. The van der Waals surface area contributed by atoms with Crippen molar-refractivity contribution in [3.05, 3.63) is 39.0 Å². The van der Waals surface area contributed by atoms with Crippen molar-refractivity contribution in [1.82, 2.24) is 0 Å². The molecule has 2 heterocycles. The molecule has 2 aromatic rings. The molecule has 0 amide bonds. The van der Waals surface area contributed by atoms with Crippen LogP contribution in [0.25, 0.3) is 0 Å². The molecule has 1 aromatic carbocycles. The molecule has 0 aliphatic carbocycles. The van der Waals surface area contributed by atoms with Gasteiger partial charge < -0.3 is 20.5 Å². The van der Waals surface area contributed by atoms with Crippen LogP contribution in [0.4, 0.5) is 5.69 Å². The highest BCUT2D eigenvalue weighted by Gasteiger charge is 2.10. The molecule has 0 radical (unpaired) electrons. The highest BCUT2D eigenvalue weighted by atomic mass is 79.9. The highest BCUT2D eigenvalue weighted by molar-refractivity contribution is 9.11. The first kappa shape index (κ1) is 15.2. The molecule has 0 unspecified atom stereocenters. The van der Waals surface area contributed by atoms with Crippen molar-refractivity contribution in [3.8, 4) is 11.5 Å². The lowest BCUT2D eigenvalue weighted by atomic mass is 10.3. The molecule has 0 fully saturated rings. The number of ether oxygens (including phenoxy) is 2. The van der Waals surface area contributed by atoms with Crippen molar-refractivity contribution in [2.45, 2.75) is 13.0 Å². The van der Waals surface area contributed by atoms with Crippen LogP contribution in [0.3, 0.4) is 0 Å². The highest BCUT2D eigenvalue weighted by Crippen LogP contribution is 2.32. The molecular weight excluding hydrogens is 366 g/mol. The van der Waals surface area contributed by atoms with Gasteiger partial charge in [0.05, 0.1) is 23.5 Å². The van der Waals surface area contributed by atoms with E-state index in [2.05, 4.69) is 31.6 Å². The number of halogens is 1. The quantitative estimate of drug-likeness (QED) is 0.629. The van der Waals surface area contributed by atoms with Crippen molar-refractivity contribution >= 4 is 38.9 Å². The number of aliphatic imine (C=N–C) groups is 1. The van der Waals surface area contributed by atoms with Gasteiger partial charge in [-0.05, 0) is 45.1 Å². The van der Waals surface area contributed by atoms with Crippen LogP contribution in [-0.2, 0) is 6.54 Å². The molecule has 1 aliphatic rings. The fourth-order valence-electron chi connectivity index (χ4n) is 2.03. The third-order valence-electron chi connectivity index (χ3n) is 3.07. The maximum absolute atomic E-state index is 5.93. The average molecular weight is 382 g/mol. The predicted octanol–water partition coefficient (Wildman–Crippen LogP) is 3.60. The van der Waals surface area contributed by atoms with E-state index in [9.17, 15) is 0 Å². The van der Waals surface area contributed by atoms with E-state index in [0.717, 1.165) is 33.0 Å². The monoisotopic (exact) mass is 381 g/mol. The molecular formula is C15H16BrN3O2S. The number of anilines is 1. The van der Waals surface area contributed by atoms with Gasteiger partial charge in [0, 0.05) is 18.2 Å². The van der Waals surface area contributed by atoms with E-state index in [1.54, 1.807) is 11.3 Å². The van der Waals surface area contributed by atoms with E-state index in [1.807, 2.05) is 24.3 Å². The van der Waals surface area contributed by atoms with Crippen LogP contribution >= 0.6 is 27.3 Å². The molecule has 0 saturated carbocycles. The maximum Gasteiger partial charge on any atom is 0.193 e. The Balaban J connectivity index is 1.65. The second-order valence-electron chi connectivity index (χ2n) is 4.80. The predicted molar refractivity (Wildman–Crippen MR) is 93.0 cm³/mol. The van der Waals surface area contributed by atoms with Gasteiger partial charge in [-0.2, -0.15) is 0 Å². The number of nitrogens with two attached hydrogens (primary N) is 1. The Morgan fingerprint density at radius 1 is 1.27 bits per heavy atom. The first-order chi connectivity index (χ1) is 10.7. The summed E-state index contributed by atoms with van der Waals surface area (Å²) in [4.78, 5) is 4.33. The molecule has 0 saturated heterocycles. The summed E-state index contributed by atoms with van der Waals surface area (Å²) < 4.78 is 12.3. The summed E-state index contributed by atoms with van der Waals surface area (Å²) >= 11 is 5.06. The van der Waals surface area contributed by atoms with E-state index in [1.165, 1.54) is 0 Å². The number of benzene rings is 1. The number of thiophene rings is 1. The fourth-order valence-corrected chi connectivity index (χ4v) is 3.23. The summed E-state index contributed by atoms with van der Waals surface area (Å²) in [5.41, 5.74) is 7.88. The van der Waals surface area contributed by atoms with Gasteiger partial charge in [-0.15, -0.1) is 11.3 Å². The molecule has 1 aromatic heterocycles. The van der Waals surface area contributed by atoms with Crippen LogP contribution in [-0.4, -0.2) is 19.2 Å². The average Bonchev–Trinajstić information content (AvgIpc) is 2.78. The van der Waals surface area contributed by atoms with Crippen molar-refractivity contribution in [3.63, 3.8) is 0 Å². The Labute approximate surface area is 141 Å². The van der Waals surface area contributed by atoms with Gasteiger partial charge in [0.1, 0.15) is 0 Å². The molecule has 3 N–H and O–H groups in total. The lowest BCUT2D eigenvalue weighted by molar-refractivity contribution is 0.297. The summed E-state index contributed by atoms with van der Waals surface area (Å²) in [7, 11) is 0. The number of nitrogens with zero attached hydrogens (tertiary/aromatic N) is 1. The van der Waals surface area contributed by atoms with Crippen LogP contribution in [0.1, 0.15) is 12.0 Å². The third-order valence-corrected chi connectivity index (χ3v) is 4.63. The van der Waals surface area contributed by atoms with Crippen molar-refractivity contribution in [1.29, 1.82) is 0 Å². The molecule has 7 heteroatoms. The molecule has 5 nitrogen and oxygen atoms in total. The lowest BCUT2D eigenvalue weighted by Gasteiger charge is -2.10. The fraction of sp³-hybridized carbons (Fsp3) is 0.267. The van der Waals surface area contributed by atoms with E-state index in [-0.39, 0.29) is 0 Å². The summed E-state index contributed by atoms with van der Waals surface area (Å²) in [5.74, 6) is 1.87. The number of fused-ring (bicyclic) bond motifs is 1. The smallest absolute Gasteiger partial charge is 0.193 e. The molecule has 3 rings (SSSR count). The van der Waals surface area contributed by atoms with Crippen LogP contribution in [0, 0.1) is 0 Å². The molecule has 0 atom stereocenters. The minimum atomic E-state index is 0.372. The van der Waals surface area contributed by atoms with E-state index >= 15 is 0 Å². The normalized spacial score (nSPS) is 14.5. The zero-order valence-electron chi connectivity index (χ0n) is 11.8. The van der Waals surface area contributed by atoms with Crippen LogP contribution in [0.5, 0.6) is 11.5 Å². The van der Waals surface area contributed by atoms with Gasteiger partial charge in [0.25, 0.3) is 0 Å². The van der Waals surface area contributed by atoms with Crippen molar-refractivity contribution in [2.75, 3.05) is 18.5 Å². The Bertz CT molecular complexity index is 687. The van der Waals surface area contributed by atoms with Gasteiger partial charge in [-0.3, -0.25) is 0 Å². The standard InChI is InChI=1S/C15H16BrN3O2S/c16-14-6-10(9-22-14)8-18-15(17)19-11-2-3-12-13(7-11)21-5-1-4-20-12/h2-3,6-7,9H,1,4-5,8H2,(H3,17,18,19). The van der Waals surface area contributed by atoms with Gasteiger partial charge in [0.15, 0.2) is 17.5 Å². The number of hydrogen-bond acceptors (Lipinski definition) is 4. The summed E-state index contributed by atoms with van der Waals surface area (Å²) in [5, 5.41) is 5.12. The molecule has 0 spiro atoms. The Morgan fingerprint density at radius 2 is 2.09 bits per heavy atom. The van der Waals surface area contributed by atoms with Gasteiger partial charge in [-0.1, -0.05) is 0 Å². The van der Waals surface area contributed by atoms with E-state index < -0.39 is 0 Å². The SMILES string of the molecule is NC(=NCc1csc(Br)c1)Nc1ccc2c(c1)OCCCO2. The molecule has 0 bridgehead atoms. The first-order valence-corrected chi connectivity index (χ1v) is 8.57. The van der Waals surface area contributed by atoms with Gasteiger partial charge in [-0.25, -0.2) is 4.99 Å². The van der Waals surface area contributed by atoms with Crippen LogP contribution in [0.2, 0.25) is 0 Å². The lowest BCUT2D eigenvalue weighted by Crippen LogP contribution is -2.22. The summed E-state index contributed by atoms with van der Waals surface area (Å²) in [6.07, 6.45) is 0.886. The minimum absolute atomic E-state index is 0.372. The Hall–Kier alpha value is -1.73. The zero-order valence-corrected chi connectivity index (χ0v) is 14.2. The van der Waals surface area contributed by atoms with Gasteiger partial charge in [0.2, 0.25) is 0 Å². The molecule has 116 valence electrons. The third kappa shape index (κ3) is 3.92. The Kier molecular flexibility index (Phi) is 4.84. The second-order valence-corrected chi connectivity index (χ2v) is 7.09. The van der Waals surface area contributed by atoms with Gasteiger partial charge >= 0.3 is 0 Å². The van der Waals surface area contributed by atoms with E-state index in [0.29, 0.717) is 25.7 Å². The number of guanidine groups is 1. The minimum Gasteiger partial charge on any atom is -0.490 e. The Morgan fingerprint density at radius 3 is 2.86 bits per heavy atom. The van der Waals surface area contributed by atoms with E-state index in [4.69, 9.17) is 15.2 Å². The molecule has 1 aliphatic heterocycles. The van der Waals surface area contributed by atoms with Crippen LogP contribution < -0.4 is 20.5 Å². The second kappa shape index (κ2) is 7.02. The number of rotatable bonds is 3. The van der Waals surface area contributed by atoms with Crippen molar-refractivity contribution < 1.29 is 9.47 Å². The maximum atomic E-state index is 5.93. The number of hydrogen-bond donors (Lipinski definition) is 2. The zero-order chi connectivity index (χ0) is 15.4. The largest absolute Gasteiger partial charge is 0.490 e. The molecule has 22 heavy (non-hydrogen) atoms. The summed E-state index contributed by atoms with van der Waals surface area (Å²) in [6.45, 7) is 1.89. The first-order valence-electron chi connectivity index (χ1n) is 6.90.